The molecule has 0 radical (unpaired) electrons. The van der Waals surface area contributed by atoms with E-state index in [0.717, 1.165) is 4.47 Å². The van der Waals surface area contributed by atoms with Crippen molar-refractivity contribution in [2.24, 2.45) is 0 Å². The number of halogens is 3. The van der Waals surface area contributed by atoms with Gasteiger partial charge in [0.25, 0.3) is 0 Å². The number of ether oxygens (including phenoxy) is 1. The maximum atomic E-state index is 13.2. The van der Waals surface area contributed by atoms with Gasteiger partial charge in [-0.05, 0) is 30.3 Å². The van der Waals surface area contributed by atoms with E-state index < -0.39 is 5.82 Å². The summed E-state index contributed by atoms with van der Waals surface area (Å²) in [5.41, 5.74) is 5.53. The highest BCUT2D eigenvalue weighted by Crippen LogP contribution is 2.35. The molecule has 0 unspecified atom stereocenters. The van der Waals surface area contributed by atoms with Crippen molar-refractivity contribution in [2.75, 3.05) is 5.73 Å². The molecule has 0 saturated carbocycles. The maximum Gasteiger partial charge on any atom is 0.153 e. The van der Waals surface area contributed by atoms with Gasteiger partial charge in [0.15, 0.2) is 5.75 Å². The molecule has 2 rings (SSSR count). The van der Waals surface area contributed by atoms with Crippen molar-refractivity contribution in [1.82, 2.24) is 0 Å². The largest absolute Gasteiger partial charge is 0.453 e. The molecule has 0 fully saturated rings. The van der Waals surface area contributed by atoms with E-state index in [1.165, 1.54) is 12.1 Å². The fourth-order valence-corrected chi connectivity index (χ4v) is 1.78. The van der Waals surface area contributed by atoms with E-state index in [0.29, 0.717) is 10.8 Å². The van der Waals surface area contributed by atoms with Gasteiger partial charge in [-0.2, -0.15) is 0 Å². The molecular formula is C12H8BrClFNO. The number of hydrogen-bond donors (Lipinski definition) is 1. The predicted molar refractivity (Wildman–Crippen MR) is 70.0 cm³/mol. The monoisotopic (exact) mass is 315 g/mol. The van der Waals surface area contributed by atoms with Crippen LogP contribution in [0.1, 0.15) is 0 Å². The quantitative estimate of drug-likeness (QED) is 0.821. The Morgan fingerprint density at radius 3 is 2.71 bits per heavy atom. The first-order valence-electron chi connectivity index (χ1n) is 4.75. The summed E-state index contributed by atoms with van der Waals surface area (Å²) >= 11 is 9.26. The molecule has 5 heteroatoms. The summed E-state index contributed by atoms with van der Waals surface area (Å²) < 4.78 is 19.5. The Kier molecular flexibility index (Phi) is 3.54. The highest BCUT2D eigenvalue weighted by Gasteiger charge is 2.09. The van der Waals surface area contributed by atoms with E-state index in [2.05, 4.69) is 15.9 Å². The van der Waals surface area contributed by atoms with Crippen LogP contribution in [-0.4, -0.2) is 0 Å². The minimum Gasteiger partial charge on any atom is -0.453 e. The summed E-state index contributed by atoms with van der Waals surface area (Å²) in [5, 5.41) is 0.428. The lowest BCUT2D eigenvalue weighted by atomic mass is 10.3. The third-order valence-corrected chi connectivity index (χ3v) is 2.93. The molecule has 0 heterocycles. The average molecular weight is 317 g/mol. The maximum absolute atomic E-state index is 13.2. The van der Waals surface area contributed by atoms with Crippen LogP contribution < -0.4 is 10.5 Å². The van der Waals surface area contributed by atoms with E-state index in [-0.39, 0.29) is 11.4 Å². The molecular weight excluding hydrogens is 308 g/mol. The molecule has 0 amide bonds. The zero-order chi connectivity index (χ0) is 12.4. The van der Waals surface area contributed by atoms with E-state index in [1.807, 2.05) is 0 Å². The molecule has 0 aromatic heterocycles. The van der Waals surface area contributed by atoms with Gasteiger partial charge in [-0.3, -0.25) is 0 Å². The Morgan fingerprint density at radius 1 is 1.18 bits per heavy atom. The summed E-state index contributed by atoms with van der Waals surface area (Å²) in [6.45, 7) is 0. The van der Waals surface area contributed by atoms with E-state index in [9.17, 15) is 4.39 Å². The van der Waals surface area contributed by atoms with Crippen LogP contribution in [0.2, 0.25) is 5.02 Å². The molecule has 0 aliphatic rings. The molecule has 0 aliphatic carbocycles. The highest BCUT2D eigenvalue weighted by atomic mass is 79.9. The SMILES string of the molecule is Nc1c(F)cccc1Oc1cc(Br)ccc1Cl. The molecule has 0 spiro atoms. The number of anilines is 1. The molecule has 88 valence electrons. The van der Waals surface area contributed by atoms with Gasteiger partial charge in [0.1, 0.15) is 17.3 Å². The van der Waals surface area contributed by atoms with Crippen molar-refractivity contribution in [1.29, 1.82) is 0 Å². The normalized spacial score (nSPS) is 10.3. The van der Waals surface area contributed by atoms with Gasteiger partial charge in [-0.15, -0.1) is 0 Å². The topological polar surface area (TPSA) is 35.2 Å². The van der Waals surface area contributed by atoms with Gasteiger partial charge in [0.05, 0.1) is 5.02 Å². The van der Waals surface area contributed by atoms with Crippen LogP contribution in [0.4, 0.5) is 10.1 Å². The number of benzene rings is 2. The number of hydrogen-bond acceptors (Lipinski definition) is 2. The second kappa shape index (κ2) is 4.94. The summed E-state index contributed by atoms with van der Waals surface area (Å²) in [4.78, 5) is 0. The van der Waals surface area contributed by atoms with Crippen molar-refractivity contribution >= 4 is 33.2 Å². The van der Waals surface area contributed by atoms with E-state index in [1.54, 1.807) is 24.3 Å². The van der Waals surface area contributed by atoms with Crippen LogP contribution in [0.5, 0.6) is 11.5 Å². The van der Waals surface area contributed by atoms with E-state index in [4.69, 9.17) is 22.1 Å². The molecule has 0 saturated heterocycles. The van der Waals surface area contributed by atoms with Gasteiger partial charge in [-0.1, -0.05) is 33.6 Å². The van der Waals surface area contributed by atoms with Crippen molar-refractivity contribution in [3.63, 3.8) is 0 Å². The Morgan fingerprint density at radius 2 is 1.94 bits per heavy atom. The molecule has 0 atom stereocenters. The van der Waals surface area contributed by atoms with Gasteiger partial charge < -0.3 is 10.5 Å². The first kappa shape index (κ1) is 12.2. The first-order chi connectivity index (χ1) is 8.08. The van der Waals surface area contributed by atoms with Crippen LogP contribution >= 0.6 is 27.5 Å². The number of rotatable bonds is 2. The average Bonchev–Trinajstić information content (AvgIpc) is 2.30. The Bertz CT molecular complexity index is 562. The second-order valence-corrected chi connectivity index (χ2v) is 4.65. The minimum absolute atomic E-state index is 0.0384. The smallest absolute Gasteiger partial charge is 0.153 e. The fraction of sp³-hybridized carbons (Fsp3) is 0. The summed E-state index contributed by atoms with van der Waals surface area (Å²) in [6, 6.07) is 9.51. The third kappa shape index (κ3) is 2.70. The minimum atomic E-state index is -0.520. The van der Waals surface area contributed by atoms with Crippen LogP contribution in [0.3, 0.4) is 0 Å². The molecule has 2 N–H and O–H groups in total. The lowest BCUT2D eigenvalue weighted by Gasteiger charge is -2.10. The first-order valence-corrected chi connectivity index (χ1v) is 5.92. The highest BCUT2D eigenvalue weighted by molar-refractivity contribution is 9.10. The Labute approximate surface area is 111 Å². The van der Waals surface area contributed by atoms with E-state index >= 15 is 0 Å². The lowest BCUT2D eigenvalue weighted by molar-refractivity contribution is 0.480. The van der Waals surface area contributed by atoms with Crippen LogP contribution in [0, 0.1) is 5.82 Å². The van der Waals surface area contributed by atoms with Gasteiger partial charge >= 0.3 is 0 Å². The van der Waals surface area contributed by atoms with Crippen molar-refractivity contribution < 1.29 is 9.13 Å². The number of nitrogens with two attached hydrogens (primary N) is 1. The predicted octanol–water partition coefficient (Wildman–Crippen LogP) is 4.62. The summed E-state index contributed by atoms with van der Waals surface area (Å²) in [7, 11) is 0. The number of para-hydroxylation sites is 1. The number of nitrogen functional groups attached to an aromatic ring is 1. The lowest BCUT2D eigenvalue weighted by Crippen LogP contribution is -1.95. The fourth-order valence-electron chi connectivity index (χ4n) is 1.28. The third-order valence-electron chi connectivity index (χ3n) is 2.13. The van der Waals surface area contributed by atoms with Gasteiger partial charge in [0, 0.05) is 4.47 Å². The van der Waals surface area contributed by atoms with Crippen molar-refractivity contribution in [2.45, 2.75) is 0 Å². The van der Waals surface area contributed by atoms with Gasteiger partial charge in [0.2, 0.25) is 0 Å². The van der Waals surface area contributed by atoms with Crippen molar-refractivity contribution in [3.05, 3.63) is 51.7 Å². The van der Waals surface area contributed by atoms with Gasteiger partial charge in [-0.25, -0.2) is 4.39 Å². The second-order valence-electron chi connectivity index (χ2n) is 3.33. The molecule has 2 nitrogen and oxygen atoms in total. The summed E-state index contributed by atoms with van der Waals surface area (Å²) in [5.74, 6) is 0.136. The molecule has 0 bridgehead atoms. The zero-order valence-corrected chi connectivity index (χ0v) is 10.9. The molecule has 0 aliphatic heterocycles. The van der Waals surface area contributed by atoms with Crippen LogP contribution in [0.15, 0.2) is 40.9 Å². The molecule has 2 aromatic carbocycles. The zero-order valence-electron chi connectivity index (χ0n) is 8.58. The standard InChI is InChI=1S/C12H8BrClFNO/c13-7-4-5-8(14)11(6-7)17-10-3-1-2-9(15)12(10)16/h1-6H,16H2. The van der Waals surface area contributed by atoms with Crippen LogP contribution in [0.25, 0.3) is 0 Å². The summed E-state index contributed by atoms with van der Waals surface area (Å²) in [6.07, 6.45) is 0. The van der Waals surface area contributed by atoms with Crippen molar-refractivity contribution in [3.8, 4) is 11.5 Å². The van der Waals surface area contributed by atoms with Crippen LogP contribution in [-0.2, 0) is 0 Å². The molecule has 17 heavy (non-hydrogen) atoms. The molecule has 2 aromatic rings. The Balaban J connectivity index is 2.38. The Hall–Kier alpha value is -1.26.